The van der Waals surface area contributed by atoms with E-state index in [4.69, 9.17) is 4.98 Å². The van der Waals surface area contributed by atoms with Crippen LogP contribution in [0.5, 0.6) is 0 Å². The second-order valence-corrected chi connectivity index (χ2v) is 6.99. The van der Waals surface area contributed by atoms with Crippen molar-refractivity contribution in [3.8, 4) is 0 Å². The van der Waals surface area contributed by atoms with Crippen LogP contribution >= 0.6 is 0 Å². The van der Waals surface area contributed by atoms with E-state index in [9.17, 15) is 4.79 Å². The van der Waals surface area contributed by atoms with E-state index in [0.717, 1.165) is 43.0 Å². The lowest BCUT2D eigenvalue weighted by molar-refractivity contribution is -0.126. The summed E-state index contributed by atoms with van der Waals surface area (Å²) in [5.74, 6) is 1.89. The van der Waals surface area contributed by atoms with Crippen molar-refractivity contribution in [2.75, 3.05) is 6.54 Å². The lowest BCUT2D eigenvalue weighted by Crippen LogP contribution is -2.37. The molecule has 7 nitrogen and oxygen atoms in total. The molecular weight excluding hydrogens is 316 g/mol. The van der Waals surface area contributed by atoms with Gasteiger partial charge in [0.25, 0.3) is 0 Å². The van der Waals surface area contributed by atoms with Gasteiger partial charge >= 0.3 is 0 Å². The minimum atomic E-state index is -0.0274. The Labute approximate surface area is 147 Å². The number of hydrogen-bond acceptors (Lipinski definition) is 5. The third-order valence-electron chi connectivity index (χ3n) is 5.26. The fourth-order valence-corrected chi connectivity index (χ4v) is 3.85. The maximum atomic E-state index is 12.4. The zero-order valence-electron chi connectivity index (χ0n) is 14.7. The average molecular weight is 340 g/mol. The van der Waals surface area contributed by atoms with Crippen molar-refractivity contribution in [2.45, 2.75) is 58.4 Å². The van der Waals surface area contributed by atoms with Crippen LogP contribution in [-0.2, 0) is 37.0 Å². The summed E-state index contributed by atoms with van der Waals surface area (Å²) in [6, 6.07) is 0. The SMILES string of the molecule is Cc1nc(CCNC(=O)C2CCc3ncnn3C2)nc2c1CCCC2. The maximum Gasteiger partial charge on any atom is 0.225 e. The van der Waals surface area contributed by atoms with E-state index >= 15 is 0 Å². The summed E-state index contributed by atoms with van der Waals surface area (Å²) in [5.41, 5.74) is 3.66. The van der Waals surface area contributed by atoms with Crippen LogP contribution in [0.2, 0.25) is 0 Å². The molecule has 2 aromatic rings. The molecule has 0 saturated carbocycles. The number of aryl methyl sites for hydroxylation is 3. The van der Waals surface area contributed by atoms with Gasteiger partial charge in [-0.3, -0.25) is 4.79 Å². The van der Waals surface area contributed by atoms with Crippen LogP contribution in [-0.4, -0.2) is 37.2 Å². The van der Waals surface area contributed by atoms with E-state index in [-0.39, 0.29) is 11.8 Å². The van der Waals surface area contributed by atoms with Crippen molar-refractivity contribution >= 4 is 5.91 Å². The van der Waals surface area contributed by atoms with Gasteiger partial charge in [-0.25, -0.2) is 19.6 Å². The summed E-state index contributed by atoms with van der Waals surface area (Å²) in [4.78, 5) is 26.0. The van der Waals surface area contributed by atoms with Crippen LogP contribution in [0.3, 0.4) is 0 Å². The van der Waals surface area contributed by atoms with Gasteiger partial charge in [-0.05, 0) is 44.6 Å². The molecule has 0 fully saturated rings. The van der Waals surface area contributed by atoms with Crippen LogP contribution in [0.15, 0.2) is 6.33 Å². The van der Waals surface area contributed by atoms with Crippen molar-refractivity contribution in [2.24, 2.45) is 5.92 Å². The smallest absolute Gasteiger partial charge is 0.225 e. The predicted octanol–water partition coefficient (Wildman–Crippen LogP) is 1.18. The number of hydrogen-bond donors (Lipinski definition) is 1. The summed E-state index contributed by atoms with van der Waals surface area (Å²) >= 11 is 0. The van der Waals surface area contributed by atoms with Crippen molar-refractivity contribution < 1.29 is 4.79 Å². The van der Waals surface area contributed by atoms with Crippen LogP contribution < -0.4 is 5.32 Å². The first-order chi connectivity index (χ1) is 12.2. The first-order valence-corrected chi connectivity index (χ1v) is 9.20. The lowest BCUT2D eigenvalue weighted by Gasteiger charge is -2.22. The Hall–Kier alpha value is -2.31. The Morgan fingerprint density at radius 3 is 3.08 bits per heavy atom. The molecular formula is C18H24N6O. The van der Waals surface area contributed by atoms with E-state index < -0.39 is 0 Å². The van der Waals surface area contributed by atoms with E-state index in [1.54, 1.807) is 6.33 Å². The predicted molar refractivity (Wildman–Crippen MR) is 92.0 cm³/mol. The first-order valence-electron chi connectivity index (χ1n) is 9.20. The van der Waals surface area contributed by atoms with Gasteiger partial charge < -0.3 is 5.32 Å². The van der Waals surface area contributed by atoms with Gasteiger partial charge in [0, 0.05) is 30.8 Å². The lowest BCUT2D eigenvalue weighted by atomic mass is 9.95. The van der Waals surface area contributed by atoms with E-state index in [0.29, 0.717) is 19.5 Å². The highest BCUT2D eigenvalue weighted by molar-refractivity contribution is 5.78. The summed E-state index contributed by atoms with van der Waals surface area (Å²) in [6.07, 6.45) is 8.49. The molecule has 2 aliphatic rings. The number of fused-ring (bicyclic) bond motifs is 2. The van der Waals surface area contributed by atoms with E-state index in [2.05, 4.69) is 27.3 Å². The molecule has 1 N–H and O–H groups in total. The third kappa shape index (κ3) is 3.41. The molecule has 3 heterocycles. The number of carbonyl (C=O) groups is 1. The summed E-state index contributed by atoms with van der Waals surface area (Å²) < 4.78 is 1.84. The largest absolute Gasteiger partial charge is 0.355 e. The van der Waals surface area contributed by atoms with Gasteiger partial charge in [0.05, 0.1) is 12.5 Å². The monoisotopic (exact) mass is 340 g/mol. The Balaban J connectivity index is 1.32. The van der Waals surface area contributed by atoms with Gasteiger partial charge in [-0.2, -0.15) is 5.10 Å². The Morgan fingerprint density at radius 2 is 2.16 bits per heavy atom. The number of nitrogens with one attached hydrogen (secondary N) is 1. The molecule has 1 aliphatic carbocycles. The highest BCUT2D eigenvalue weighted by Crippen LogP contribution is 2.22. The summed E-state index contributed by atoms with van der Waals surface area (Å²) in [7, 11) is 0. The molecule has 1 aliphatic heterocycles. The summed E-state index contributed by atoms with van der Waals surface area (Å²) in [5, 5.41) is 7.22. The van der Waals surface area contributed by atoms with Crippen LogP contribution in [0, 0.1) is 12.8 Å². The van der Waals surface area contributed by atoms with Gasteiger partial charge in [0.2, 0.25) is 5.91 Å². The Bertz CT molecular complexity index is 784. The normalized spacial score (nSPS) is 19.2. The molecule has 132 valence electrons. The Kier molecular flexibility index (Phi) is 4.46. The second-order valence-electron chi connectivity index (χ2n) is 6.99. The van der Waals surface area contributed by atoms with Crippen LogP contribution in [0.1, 0.15) is 47.9 Å². The minimum absolute atomic E-state index is 0.0274. The molecule has 0 bridgehead atoms. The van der Waals surface area contributed by atoms with Gasteiger partial charge in [0.15, 0.2) is 0 Å². The van der Waals surface area contributed by atoms with Gasteiger partial charge in [-0.1, -0.05) is 0 Å². The van der Waals surface area contributed by atoms with E-state index in [1.165, 1.54) is 24.1 Å². The molecule has 1 atom stereocenters. The standard InChI is InChI=1S/C18H24N6O/c1-12-14-4-2-3-5-15(14)23-16(22-12)8-9-19-18(25)13-6-7-17-20-11-21-24(17)10-13/h11,13H,2-10H2,1H3,(H,19,25). The number of rotatable bonds is 4. The average Bonchev–Trinajstić information content (AvgIpc) is 3.09. The molecule has 1 amide bonds. The summed E-state index contributed by atoms with van der Waals surface area (Å²) in [6.45, 7) is 3.28. The second kappa shape index (κ2) is 6.90. The molecule has 0 spiro atoms. The van der Waals surface area contributed by atoms with Crippen molar-refractivity contribution in [1.82, 2.24) is 30.0 Å². The molecule has 7 heteroatoms. The maximum absolute atomic E-state index is 12.4. The molecule has 2 aromatic heterocycles. The molecule has 25 heavy (non-hydrogen) atoms. The molecule has 1 unspecified atom stereocenters. The zero-order chi connectivity index (χ0) is 17.2. The molecule has 0 radical (unpaired) electrons. The highest BCUT2D eigenvalue weighted by atomic mass is 16.1. The van der Waals surface area contributed by atoms with Crippen molar-refractivity contribution in [3.05, 3.63) is 34.9 Å². The zero-order valence-corrected chi connectivity index (χ0v) is 14.7. The highest BCUT2D eigenvalue weighted by Gasteiger charge is 2.25. The van der Waals surface area contributed by atoms with Crippen molar-refractivity contribution in [1.29, 1.82) is 0 Å². The fourth-order valence-electron chi connectivity index (χ4n) is 3.85. The van der Waals surface area contributed by atoms with Gasteiger partial charge in [0.1, 0.15) is 18.0 Å². The molecule has 0 aromatic carbocycles. The first kappa shape index (κ1) is 16.2. The van der Waals surface area contributed by atoms with Crippen LogP contribution in [0.25, 0.3) is 0 Å². The number of aromatic nitrogens is 5. The van der Waals surface area contributed by atoms with E-state index in [1.807, 2.05) is 4.68 Å². The third-order valence-corrected chi connectivity index (χ3v) is 5.26. The fraction of sp³-hybridized carbons (Fsp3) is 0.611. The van der Waals surface area contributed by atoms with Gasteiger partial charge in [-0.15, -0.1) is 0 Å². The van der Waals surface area contributed by atoms with Crippen LogP contribution in [0.4, 0.5) is 0 Å². The topological polar surface area (TPSA) is 85.6 Å². The molecule has 4 rings (SSSR count). The van der Waals surface area contributed by atoms with Crippen molar-refractivity contribution in [3.63, 3.8) is 0 Å². The molecule has 0 saturated heterocycles. The number of amides is 1. The quantitative estimate of drug-likeness (QED) is 0.903. The number of carbonyl (C=O) groups excluding carboxylic acids is 1. The number of nitrogens with zero attached hydrogens (tertiary/aromatic N) is 5. The Morgan fingerprint density at radius 1 is 1.28 bits per heavy atom. The minimum Gasteiger partial charge on any atom is -0.355 e.